The minimum Gasteiger partial charge on any atom is -0.454 e. The second-order valence-electron chi connectivity index (χ2n) is 4.45. The van der Waals surface area contributed by atoms with Crippen molar-refractivity contribution in [2.75, 3.05) is 12.5 Å². The van der Waals surface area contributed by atoms with E-state index >= 15 is 0 Å². The Kier molecular flexibility index (Phi) is 3.25. The highest BCUT2D eigenvalue weighted by Crippen LogP contribution is 2.35. The van der Waals surface area contributed by atoms with Gasteiger partial charge >= 0.3 is 0 Å². The lowest BCUT2D eigenvalue weighted by Gasteiger charge is -2.08. The normalized spacial score (nSPS) is 12.7. The molecule has 0 unspecified atom stereocenters. The SMILES string of the molecule is Cc1c(N)cccc1SCc1ccc2c(c1)OCO2. The monoisotopic (exact) mass is 273 g/mol. The van der Waals surface area contributed by atoms with Gasteiger partial charge < -0.3 is 15.2 Å². The van der Waals surface area contributed by atoms with Gasteiger partial charge in [0.25, 0.3) is 0 Å². The summed E-state index contributed by atoms with van der Waals surface area (Å²) < 4.78 is 10.7. The van der Waals surface area contributed by atoms with Crippen LogP contribution in [0, 0.1) is 6.92 Å². The van der Waals surface area contributed by atoms with Crippen LogP contribution in [-0.2, 0) is 5.75 Å². The van der Waals surface area contributed by atoms with Crippen LogP contribution < -0.4 is 15.2 Å². The smallest absolute Gasteiger partial charge is 0.231 e. The number of thioether (sulfide) groups is 1. The highest BCUT2D eigenvalue weighted by atomic mass is 32.2. The molecule has 0 bridgehead atoms. The van der Waals surface area contributed by atoms with Gasteiger partial charge in [0.05, 0.1) is 0 Å². The quantitative estimate of drug-likeness (QED) is 0.685. The van der Waals surface area contributed by atoms with Gasteiger partial charge in [-0.1, -0.05) is 12.1 Å². The molecule has 3 rings (SSSR count). The molecule has 0 atom stereocenters. The first-order valence-electron chi connectivity index (χ1n) is 6.10. The zero-order chi connectivity index (χ0) is 13.2. The molecule has 2 N–H and O–H groups in total. The Morgan fingerprint density at radius 2 is 2.00 bits per heavy atom. The molecule has 0 aromatic heterocycles. The van der Waals surface area contributed by atoms with E-state index < -0.39 is 0 Å². The van der Waals surface area contributed by atoms with Crippen LogP contribution in [0.5, 0.6) is 11.5 Å². The zero-order valence-electron chi connectivity index (χ0n) is 10.7. The maximum Gasteiger partial charge on any atom is 0.231 e. The van der Waals surface area contributed by atoms with Gasteiger partial charge in [0.2, 0.25) is 6.79 Å². The molecule has 19 heavy (non-hydrogen) atoms. The van der Waals surface area contributed by atoms with E-state index in [1.165, 1.54) is 10.5 Å². The maximum absolute atomic E-state index is 5.91. The zero-order valence-corrected chi connectivity index (χ0v) is 11.5. The number of fused-ring (bicyclic) bond motifs is 1. The molecule has 4 heteroatoms. The summed E-state index contributed by atoms with van der Waals surface area (Å²) >= 11 is 1.78. The molecule has 0 amide bonds. The number of benzene rings is 2. The lowest BCUT2D eigenvalue weighted by Crippen LogP contribution is -1.93. The van der Waals surface area contributed by atoms with Gasteiger partial charge in [-0.25, -0.2) is 0 Å². The van der Waals surface area contributed by atoms with Crippen molar-refractivity contribution in [2.45, 2.75) is 17.6 Å². The van der Waals surface area contributed by atoms with Crippen molar-refractivity contribution in [3.05, 3.63) is 47.5 Å². The molecule has 1 aliphatic heterocycles. The second-order valence-corrected chi connectivity index (χ2v) is 5.46. The van der Waals surface area contributed by atoms with Crippen LogP contribution in [0.3, 0.4) is 0 Å². The van der Waals surface area contributed by atoms with E-state index in [2.05, 4.69) is 19.1 Å². The molecule has 3 nitrogen and oxygen atoms in total. The number of ether oxygens (including phenoxy) is 2. The minimum absolute atomic E-state index is 0.320. The summed E-state index contributed by atoms with van der Waals surface area (Å²) in [5, 5.41) is 0. The standard InChI is InChI=1S/C15H15NO2S/c1-10-12(16)3-2-4-15(10)19-8-11-5-6-13-14(7-11)18-9-17-13/h2-7H,8-9,16H2,1H3. The number of nitrogens with two attached hydrogens (primary N) is 1. The second kappa shape index (κ2) is 5.05. The van der Waals surface area contributed by atoms with E-state index in [0.717, 1.165) is 28.5 Å². The van der Waals surface area contributed by atoms with Gasteiger partial charge in [0.15, 0.2) is 11.5 Å². The summed E-state index contributed by atoms with van der Waals surface area (Å²) in [6.07, 6.45) is 0. The fraction of sp³-hybridized carbons (Fsp3) is 0.200. The first-order valence-corrected chi connectivity index (χ1v) is 7.09. The average molecular weight is 273 g/mol. The Labute approximate surface area is 116 Å². The Hall–Kier alpha value is -1.81. The highest BCUT2D eigenvalue weighted by molar-refractivity contribution is 7.98. The molecule has 1 aliphatic rings. The molecular weight excluding hydrogens is 258 g/mol. The van der Waals surface area contributed by atoms with E-state index in [9.17, 15) is 0 Å². The Balaban J connectivity index is 1.74. The van der Waals surface area contributed by atoms with E-state index in [4.69, 9.17) is 15.2 Å². The molecule has 98 valence electrons. The number of anilines is 1. The fourth-order valence-corrected chi connectivity index (χ4v) is 2.99. The molecule has 2 aromatic rings. The summed E-state index contributed by atoms with van der Waals surface area (Å²) in [6, 6.07) is 12.1. The van der Waals surface area contributed by atoms with Crippen LogP contribution in [0.25, 0.3) is 0 Å². The number of hydrogen-bond donors (Lipinski definition) is 1. The third-order valence-corrected chi connectivity index (χ3v) is 4.39. The first kappa shape index (κ1) is 12.2. The number of nitrogen functional groups attached to an aromatic ring is 1. The summed E-state index contributed by atoms with van der Waals surface area (Å²) in [4.78, 5) is 1.22. The summed E-state index contributed by atoms with van der Waals surface area (Å²) in [5.74, 6) is 2.55. The fourth-order valence-electron chi connectivity index (χ4n) is 1.98. The molecule has 0 spiro atoms. The Bertz CT molecular complexity index is 613. The predicted molar refractivity (Wildman–Crippen MR) is 77.7 cm³/mol. The van der Waals surface area contributed by atoms with Crippen molar-refractivity contribution in [1.29, 1.82) is 0 Å². The lowest BCUT2D eigenvalue weighted by molar-refractivity contribution is 0.174. The average Bonchev–Trinajstić information content (AvgIpc) is 2.88. The molecule has 0 saturated carbocycles. The van der Waals surface area contributed by atoms with Crippen molar-refractivity contribution >= 4 is 17.4 Å². The van der Waals surface area contributed by atoms with Crippen molar-refractivity contribution < 1.29 is 9.47 Å². The molecular formula is C15H15NO2S. The van der Waals surface area contributed by atoms with E-state index in [1.54, 1.807) is 11.8 Å². The molecule has 1 heterocycles. The summed E-state index contributed by atoms with van der Waals surface area (Å²) in [6.45, 7) is 2.37. The van der Waals surface area contributed by atoms with Crippen LogP contribution in [0.2, 0.25) is 0 Å². The van der Waals surface area contributed by atoms with Gasteiger partial charge in [-0.3, -0.25) is 0 Å². The molecule has 0 aliphatic carbocycles. The largest absolute Gasteiger partial charge is 0.454 e. The maximum atomic E-state index is 5.91. The van der Waals surface area contributed by atoms with Crippen LogP contribution >= 0.6 is 11.8 Å². The van der Waals surface area contributed by atoms with Gasteiger partial charge in [0.1, 0.15) is 0 Å². The van der Waals surface area contributed by atoms with Crippen LogP contribution in [0.1, 0.15) is 11.1 Å². The van der Waals surface area contributed by atoms with E-state index in [0.29, 0.717) is 6.79 Å². The van der Waals surface area contributed by atoms with Crippen molar-refractivity contribution in [3.63, 3.8) is 0 Å². The summed E-state index contributed by atoms with van der Waals surface area (Å²) in [5.41, 5.74) is 9.12. The Morgan fingerprint density at radius 1 is 1.16 bits per heavy atom. The van der Waals surface area contributed by atoms with Gasteiger partial charge in [-0.15, -0.1) is 11.8 Å². The summed E-state index contributed by atoms with van der Waals surface area (Å²) in [7, 11) is 0. The van der Waals surface area contributed by atoms with Gasteiger partial charge in [-0.2, -0.15) is 0 Å². The Morgan fingerprint density at radius 3 is 2.89 bits per heavy atom. The predicted octanol–water partition coefficient (Wildman–Crippen LogP) is 3.60. The third-order valence-electron chi connectivity index (χ3n) is 3.16. The van der Waals surface area contributed by atoms with E-state index in [-0.39, 0.29) is 0 Å². The number of rotatable bonds is 3. The highest BCUT2D eigenvalue weighted by Gasteiger charge is 2.13. The van der Waals surface area contributed by atoms with Crippen molar-refractivity contribution in [1.82, 2.24) is 0 Å². The topological polar surface area (TPSA) is 44.5 Å². The first-order chi connectivity index (χ1) is 9.24. The van der Waals surface area contributed by atoms with Gasteiger partial charge in [-0.05, 0) is 42.3 Å². The molecule has 0 saturated heterocycles. The van der Waals surface area contributed by atoms with Gasteiger partial charge in [0, 0.05) is 16.3 Å². The van der Waals surface area contributed by atoms with Crippen molar-refractivity contribution in [2.24, 2.45) is 0 Å². The lowest BCUT2D eigenvalue weighted by atomic mass is 10.2. The third kappa shape index (κ3) is 2.49. The molecule has 2 aromatic carbocycles. The van der Waals surface area contributed by atoms with Crippen LogP contribution in [-0.4, -0.2) is 6.79 Å². The van der Waals surface area contributed by atoms with Crippen molar-refractivity contribution in [3.8, 4) is 11.5 Å². The number of hydrogen-bond acceptors (Lipinski definition) is 4. The van der Waals surface area contributed by atoms with E-state index in [1.807, 2.05) is 24.3 Å². The minimum atomic E-state index is 0.320. The molecule has 0 radical (unpaired) electrons. The molecule has 0 fully saturated rings. The van der Waals surface area contributed by atoms with Crippen LogP contribution in [0.15, 0.2) is 41.3 Å². The van der Waals surface area contributed by atoms with Crippen LogP contribution in [0.4, 0.5) is 5.69 Å².